The van der Waals surface area contributed by atoms with Crippen LogP contribution in [-0.2, 0) is 6.42 Å². The monoisotopic (exact) mass is 283 g/mol. The highest BCUT2D eigenvalue weighted by Gasteiger charge is 2.14. The van der Waals surface area contributed by atoms with Crippen LogP contribution in [0.2, 0.25) is 0 Å². The number of nitrogens with one attached hydrogen (secondary N) is 1. The van der Waals surface area contributed by atoms with E-state index in [-0.39, 0.29) is 6.04 Å². The molecule has 0 spiro atoms. The molecule has 2 nitrogen and oxygen atoms in total. The smallest absolute Gasteiger partial charge is 0.124 e. The summed E-state index contributed by atoms with van der Waals surface area (Å²) in [7, 11) is 1.73. The van der Waals surface area contributed by atoms with Crippen molar-refractivity contribution in [1.29, 1.82) is 0 Å². The van der Waals surface area contributed by atoms with Crippen molar-refractivity contribution in [3.05, 3.63) is 58.7 Å². The first-order valence-corrected chi connectivity index (χ1v) is 7.56. The van der Waals surface area contributed by atoms with Crippen LogP contribution in [0.15, 0.2) is 36.4 Å². The maximum Gasteiger partial charge on any atom is 0.124 e. The SMILES string of the molecule is CCc1cccc(C)c1NC(C)c1cc(C)ccc1OC. The molecule has 1 N–H and O–H groups in total. The van der Waals surface area contributed by atoms with Gasteiger partial charge in [-0.3, -0.25) is 0 Å². The van der Waals surface area contributed by atoms with Crippen molar-refractivity contribution in [2.45, 2.75) is 40.2 Å². The number of anilines is 1. The Labute approximate surface area is 128 Å². The fourth-order valence-electron chi connectivity index (χ4n) is 2.72. The highest BCUT2D eigenvalue weighted by Crippen LogP contribution is 2.31. The summed E-state index contributed by atoms with van der Waals surface area (Å²) in [4.78, 5) is 0. The predicted molar refractivity (Wildman–Crippen MR) is 90.3 cm³/mol. The Morgan fingerprint density at radius 1 is 1.14 bits per heavy atom. The first-order valence-electron chi connectivity index (χ1n) is 7.56. The number of hydrogen-bond acceptors (Lipinski definition) is 2. The van der Waals surface area contributed by atoms with Crippen molar-refractivity contribution in [3.8, 4) is 5.75 Å². The third-order valence-corrected chi connectivity index (χ3v) is 3.95. The Morgan fingerprint density at radius 3 is 2.57 bits per heavy atom. The van der Waals surface area contributed by atoms with Gasteiger partial charge in [0.05, 0.1) is 13.2 Å². The van der Waals surface area contributed by atoms with Crippen molar-refractivity contribution < 1.29 is 4.74 Å². The van der Waals surface area contributed by atoms with Gasteiger partial charge in [-0.15, -0.1) is 0 Å². The fraction of sp³-hybridized carbons (Fsp3) is 0.368. The second kappa shape index (κ2) is 6.66. The molecule has 1 unspecified atom stereocenters. The van der Waals surface area contributed by atoms with E-state index < -0.39 is 0 Å². The minimum atomic E-state index is 0.200. The van der Waals surface area contributed by atoms with Gasteiger partial charge in [-0.1, -0.05) is 42.8 Å². The third kappa shape index (κ3) is 3.38. The van der Waals surface area contributed by atoms with Gasteiger partial charge in [0.15, 0.2) is 0 Å². The molecule has 2 aromatic carbocycles. The summed E-state index contributed by atoms with van der Waals surface area (Å²) in [5.74, 6) is 0.937. The van der Waals surface area contributed by atoms with Crippen LogP contribution in [0, 0.1) is 13.8 Å². The summed E-state index contributed by atoms with van der Waals surface area (Å²) >= 11 is 0. The molecule has 21 heavy (non-hydrogen) atoms. The molecule has 2 rings (SSSR count). The van der Waals surface area contributed by atoms with Crippen LogP contribution in [0.1, 0.15) is 42.1 Å². The van der Waals surface area contributed by atoms with E-state index >= 15 is 0 Å². The van der Waals surface area contributed by atoms with E-state index in [4.69, 9.17) is 4.74 Å². The summed E-state index contributed by atoms with van der Waals surface area (Å²) in [5.41, 5.74) is 6.33. The van der Waals surface area contributed by atoms with Gasteiger partial charge in [0.2, 0.25) is 0 Å². The zero-order chi connectivity index (χ0) is 15.4. The minimum Gasteiger partial charge on any atom is -0.496 e. The van der Waals surface area contributed by atoms with E-state index in [1.165, 1.54) is 27.9 Å². The lowest BCUT2D eigenvalue weighted by atomic mass is 10.0. The lowest BCUT2D eigenvalue weighted by Gasteiger charge is -2.22. The zero-order valence-electron chi connectivity index (χ0n) is 13.7. The molecule has 0 saturated heterocycles. The van der Waals surface area contributed by atoms with E-state index in [2.05, 4.69) is 63.3 Å². The molecule has 0 aliphatic carbocycles. The number of rotatable bonds is 5. The molecule has 0 aromatic heterocycles. The first kappa shape index (κ1) is 15.4. The van der Waals surface area contributed by atoms with Crippen molar-refractivity contribution in [2.24, 2.45) is 0 Å². The Balaban J connectivity index is 2.34. The third-order valence-electron chi connectivity index (χ3n) is 3.95. The molecule has 0 aliphatic heterocycles. The standard InChI is InChI=1S/C19H25NO/c1-6-16-9-7-8-14(3)19(16)20-15(4)17-12-13(2)10-11-18(17)21-5/h7-12,15,20H,6H2,1-5H3. The van der Waals surface area contributed by atoms with Crippen LogP contribution in [0.5, 0.6) is 5.75 Å². The van der Waals surface area contributed by atoms with Crippen molar-refractivity contribution in [2.75, 3.05) is 12.4 Å². The number of benzene rings is 2. The minimum absolute atomic E-state index is 0.200. The van der Waals surface area contributed by atoms with Crippen LogP contribution in [0.25, 0.3) is 0 Å². The number of ether oxygens (including phenoxy) is 1. The molecular weight excluding hydrogens is 258 g/mol. The molecule has 0 aliphatic rings. The van der Waals surface area contributed by atoms with E-state index in [1.54, 1.807) is 7.11 Å². The Morgan fingerprint density at radius 2 is 1.90 bits per heavy atom. The largest absolute Gasteiger partial charge is 0.496 e. The van der Waals surface area contributed by atoms with Gasteiger partial charge in [-0.05, 0) is 44.4 Å². The van der Waals surface area contributed by atoms with Crippen molar-refractivity contribution in [1.82, 2.24) is 0 Å². The van der Waals surface area contributed by atoms with Crippen LogP contribution in [0.4, 0.5) is 5.69 Å². The number of aryl methyl sites for hydroxylation is 3. The Kier molecular flexibility index (Phi) is 4.89. The van der Waals surface area contributed by atoms with Gasteiger partial charge in [0, 0.05) is 11.3 Å². The molecule has 0 amide bonds. The number of methoxy groups -OCH3 is 1. The summed E-state index contributed by atoms with van der Waals surface area (Å²) in [5, 5.41) is 3.67. The maximum absolute atomic E-state index is 5.51. The number of hydrogen-bond donors (Lipinski definition) is 1. The highest BCUT2D eigenvalue weighted by molar-refractivity contribution is 5.59. The lowest BCUT2D eigenvalue weighted by molar-refractivity contribution is 0.408. The van der Waals surface area contributed by atoms with E-state index in [1.807, 2.05) is 6.07 Å². The molecule has 2 heteroatoms. The summed E-state index contributed by atoms with van der Waals surface area (Å²) < 4.78 is 5.51. The molecule has 2 aromatic rings. The maximum atomic E-state index is 5.51. The first-order chi connectivity index (χ1) is 10.1. The topological polar surface area (TPSA) is 21.3 Å². The quantitative estimate of drug-likeness (QED) is 0.829. The second-order valence-corrected chi connectivity index (χ2v) is 5.57. The Hall–Kier alpha value is -1.96. The van der Waals surface area contributed by atoms with Gasteiger partial charge >= 0.3 is 0 Å². The van der Waals surface area contributed by atoms with Crippen LogP contribution >= 0.6 is 0 Å². The molecule has 0 bridgehead atoms. The summed E-state index contributed by atoms with van der Waals surface area (Å²) in [6.07, 6.45) is 1.03. The molecule has 0 heterocycles. The van der Waals surface area contributed by atoms with Crippen LogP contribution in [0.3, 0.4) is 0 Å². The van der Waals surface area contributed by atoms with Gasteiger partial charge < -0.3 is 10.1 Å². The van der Waals surface area contributed by atoms with Gasteiger partial charge in [-0.2, -0.15) is 0 Å². The van der Waals surface area contributed by atoms with Crippen LogP contribution < -0.4 is 10.1 Å². The molecule has 112 valence electrons. The summed E-state index contributed by atoms with van der Waals surface area (Å²) in [6.45, 7) is 8.64. The second-order valence-electron chi connectivity index (χ2n) is 5.57. The normalized spacial score (nSPS) is 12.0. The molecule has 0 radical (unpaired) electrons. The zero-order valence-corrected chi connectivity index (χ0v) is 13.7. The lowest BCUT2D eigenvalue weighted by Crippen LogP contribution is -2.11. The molecule has 0 saturated carbocycles. The average Bonchev–Trinajstić information content (AvgIpc) is 2.49. The Bertz CT molecular complexity index is 619. The van der Waals surface area contributed by atoms with Crippen molar-refractivity contribution in [3.63, 3.8) is 0 Å². The predicted octanol–water partition coefficient (Wildman–Crippen LogP) is 5.05. The van der Waals surface area contributed by atoms with E-state index in [9.17, 15) is 0 Å². The van der Waals surface area contributed by atoms with Crippen molar-refractivity contribution >= 4 is 5.69 Å². The van der Waals surface area contributed by atoms with Gasteiger partial charge in [0.25, 0.3) is 0 Å². The van der Waals surface area contributed by atoms with Gasteiger partial charge in [-0.25, -0.2) is 0 Å². The molecule has 0 fully saturated rings. The molecule has 1 atom stereocenters. The summed E-state index contributed by atoms with van der Waals surface area (Å²) in [6, 6.07) is 13.0. The van der Waals surface area contributed by atoms with E-state index in [0.29, 0.717) is 0 Å². The number of para-hydroxylation sites is 1. The molecular formula is C19H25NO. The fourth-order valence-corrected chi connectivity index (χ4v) is 2.72. The van der Waals surface area contributed by atoms with E-state index in [0.717, 1.165) is 12.2 Å². The van der Waals surface area contributed by atoms with Crippen LogP contribution in [-0.4, -0.2) is 7.11 Å². The van der Waals surface area contributed by atoms with Gasteiger partial charge in [0.1, 0.15) is 5.75 Å². The average molecular weight is 283 g/mol. The highest BCUT2D eigenvalue weighted by atomic mass is 16.5.